The fraction of sp³-hybridized carbons (Fsp3) is 0.533. The van der Waals surface area contributed by atoms with Crippen LogP contribution in [0, 0.1) is 0 Å². The lowest BCUT2D eigenvalue weighted by Gasteiger charge is -2.32. The van der Waals surface area contributed by atoms with Gasteiger partial charge in [-0.3, -0.25) is 4.79 Å². The zero-order valence-electron chi connectivity index (χ0n) is 11.3. The number of alkyl halides is 1. The fourth-order valence-corrected chi connectivity index (χ4v) is 3.11. The number of halogens is 1. The van der Waals surface area contributed by atoms with Crippen molar-refractivity contribution in [1.82, 2.24) is 5.32 Å². The number of fused-ring (bicyclic) bond motifs is 2. The van der Waals surface area contributed by atoms with Crippen LogP contribution in [0.15, 0.2) is 18.2 Å². The largest absolute Gasteiger partial charge is 0.325 e. The average Bonchev–Trinajstić information content (AvgIpc) is 2.62. The molecule has 1 aromatic carbocycles. The topological polar surface area (TPSA) is 41.1 Å². The van der Waals surface area contributed by atoms with Crippen LogP contribution in [0.4, 0.5) is 10.1 Å². The lowest BCUT2D eigenvalue weighted by molar-refractivity contribution is -0.121. The van der Waals surface area contributed by atoms with Crippen LogP contribution in [-0.4, -0.2) is 19.0 Å². The second kappa shape index (κ2) is 4.04. The molecule has 0 saturated carbocycles. The number of carbonyl (C=O) groups is 1. The van der Waals surface area contributed by atoms with E-state index in [4.69, 9.17) is 0 Å². The summed E-state index contributed by atoms with van der Waals surface area (Å²) in [6.07, 6.45) is 1.80. The van der Waals surface area contributed by atoms with Gasteiger partial charge in [-0.25, -0.2) is 4.39 Å². The third-order valence-corrected chi connectivity index (χ3v) is 4.29. The molecule has 0 aliphatic carbocycles. The van der Waals surface area contributed by atoms with Crippen LogP contribution in [0.1, 0.15) is 37.8 Å². The van der Waals surface area contributed by atoms with Crippen molar-refractivity contribution in [2.45, 2.75) is 37.8 Å². The number of anilines is 1. The predicted octanol–water partition coefficient (Wildman–Crippen LogP) is 2.46. The lowest BCUT2D eigenvalue weighted by atomic mass is 9.75. The van der Waals surface area contributed by atoms with E-state index in [9.17, 15) is 9.18 Å². The molecule has 2 heterocycles. The fourth-order valence-electron chi connectivity index (χ4n) is 3.11. The van der Waals surface area contributed by atoms with Gasteiger partial charge in [0, 0.05) is 12.2 Å². The first-order chi connectivity index (χ1) is 8.93. The maximum absolute atomic E-state index is 14.1. The van der Waals surface area contributed by atoms with Gasteiger partial charge in [0.15, 0.2) is 0 Å². The quantitative estimate of drug-likeness (QED) is 0.816. The third kappa shape index (κ3) is 1.86. The van der Waals surface area contributed by atoms with Gasteiger partial charge < -0.3 is 10.6 Å². The van der Waals surface area contributed by atoms with Gasteiger partial charge in [-0.2, -0.15) is 0 Å². The molecule has 0 unspecified atom stereocenters. The normalized spacial score (nSPS) is 26.4. The van der Waals surface area contributed by atoms with E-state index in [0.717, 1.165) is 30.6 Å². The summed E-state index contributed by atoms with van der Waals surface area (Å²) >= 11 is 0. The summed E-state index contributed by atoms with van der Waals surface area (Å²) in [5.41, 5.74) is 0.529. The highest BCUT2D eigenvalue weighted by molar-refractivity contribution is 6.06. The summed E-state index contributed by atoms with van der Waals surface area (Å²) in [4.78, 5) is 12.3. The minimum absolute atomic E-state index is 0.0449. The molecule has 0 bridgehead atoms. The van der Waals surface area contributed by atoms with Gasteiger partial charge in [0.25, 0.3) is 0 Å². The first-order valence-electron chi connectivity index (χ1n) is 6.80. The molecule has 1 amide bonds. The molecule has 3 rings (SSSR count). The maximum Gasteiger partial charge on any atom is 0.236 e. The van der Waals surface area contributed by atoms with E-state index in [1.54, 1.807) is 19.9 Å². The number of benzene rings is 1. The van der Waals surface area contributed by atoms with Crippen molar-refractivity contribution < 1.29 is 9.18 Å². The Hall–Kier alpha value is -1.42. The van der Waals surface area contributed by atoms with Gasteiger partial charge >= 0.3 is 0 Å². The van der Waals surface area contributed by atoms with Crippen molar-refractivity contribution in [2.24, 2.45) is 0 Å². The Morgan fingerprint density at radius 3 is 2.79 bits per heavy atom. The molecule has 1 fully saturated rings. The first-order valence-corrected chi connectivity index (χ1v) is 6.80. The molecule has 4 heteroatoms. The zero-order valence-corrected chi connectivity index (χ0v) is 11.3. The van der Waals surface area contributed by atoms with Crippen molar-refractivity contribution in [3.8, 4) is 0 Å². The Morgan fingerprint density at radius 1 is 1.37 bits per heavy atom. The van der Waals surface area contributed by atoms with E-state index in [0.29, 0.717) is 12.1 Å². The number of nitrogens with one attached hydrogen (secondary N) is 2. The Labute approximate surface area is 112 Å². The molecule has 3 nitrogen and oxygen atoms in total. The van der Waals surface area contributed by atoms with Crippen LogP contribution in [0.3, 0.4) is 0 Å². The average molecular weight is 262 g/mol. The molecule has 0 aromatic heterocycles. The van der Waals surface area contributed by atoms with Crippen LogP contribution in [0.5, 0.6) is 0 Å². The molecule has 2 aliphatic rings. The van der Waals surface area contributed by atoms with Gasteiger partial charge in [0.2, 0.25) is 5.91 Å². The van der Waals surface area contributed by atoms with E-state index in [1.807, 2.05) is 12.1 Å². The number of hydrogen-bond acceptors (Lipinski definition) is 2. The Bertz CT molecular complexity index is 527. The van der Waals surface area contributed by atoms with Crippen LogP contribution in [-0.2, 0) is 15.9 Å². The second-order valence-electron chi connectivity index (χ2n) is 6.05. The molecular weight excluding hydrogens is 243 g/mol. The van der Waals surface area contributed by atoms with Crippen molar-refractivity contribution in [1.29, 1.82) is 0 Å². The molecule has 0 radical (unpaired) electrons. The SMILES string of the molecule is CC(C)(F)c1ccc2c(c1)[C@]1(CCCNC1)C(=O)N2. The Kier molecular flexibility index (Phi) is 2.68. The molecule has 2 N–H and O–H groups in total. The van der Waals surface area contributed by atoms with Crippen LogP contribution in [0.25, 0.3) is 0 Å². The molecule has 1 atom stereocenters. The van der Waals surface area contributed by atoms with Crippen LogP contribution < -0.4 is 10.6 Å². The highest BCUT2D eigenvalue weighted by Crippen LogP contribution is 2.43. The summed E-state index contributed by atoms with van der Waals surface area (Å²) in [7, 11) is 0. The van der Waals surface area contributed by atoms with Gasteiger partial charge in [0.1, 0.15) is 5.67 Å². The number of carbonyl (C=O) groups excluding carboxylic acids is 1. The molecule has 1 spiro atoms. The van der Waals surface area contributed by atoms with Crippen molar-refractivity contribution >= 4 is 11.6 Å². The highest BCUT2D eigenvalue weighted by atomic mass is 19.1. The molecule has 102 valence electrons. The summed E-state index contributed by atoms with van der Waals surface area (Å²) in [5.74, 6) is 0.0449. The van der Waals surface area contributed by atoms with Gasteiger partial charge in [-0.05, 0) is 56.5 Å². The summed E-state index contributed by atoms with van der Waals surface area (Å²) < 4.78 is 14.1. The summed E-state index contributed by atoms with van der Waals surface area (Å²) in [5, 5.41) is 6.23. The van der Waals surface area contributed by atoms with Crippen molar-refractivity contribution in [3.05, 3.63) is 29.3 Å². The third-order valence-electron chi connectivity index (χ3n) is 4.29. The van der Waals surface area contributed by atoms with E-state index < -0.39 is 11.1 Å². The van der Waals surface area contributed by atoms with Gasteiger partial charge in [-0.1, -0.05) is 6.07 Å². The predicted molar refractivity (Wildman–Crippen MR) is 73.0 cm³/mol. The standard InChI is InChI=1S/C15H19FN2O/c1-14(2,16)10-4-5-12-11(8-10)15(13(19)18-12)6-3-7-17-9-15/h4-5,8,17H,3,6-7,9H2,1-2H3,(H,18,19)/t15-/m1/s1. The number of piperidine rings is 1. The molecule has 1 aromatic rings. The van der Waals surface area contributed by atoms with E-state index in [-0.39, 0.29) is 5.91 Å². The minimum atomic E-state index is -1.38. The lowest BCUT2D eigenvalue weighted by Crippen LogP contribution is -2.48. The molecule has 2 aliphatic heterocycles. The molecule has 1 saturated heterocycles. The second-order valence-corrected chi connectivity index (χ2v) is 6.05. The number of rotatable bonds is 1. The van der Waals surface area contributed by atoms with Crippen molar-refractivity contribution in [3.63, 3.8) is 0 Å². The number of hydrogen-bond donors (Lipinski definition) is 2. The minimum Gasteiger partial charge on any atom is -0.325 e. The summed E-state index contributed by atoms with van der Waals surface area (Å²) in [6, 6.07) is 5.45. The van der Waals surface area contributed by atoms with Crippen molar-refractivity contribution in [2.75, 3.05) is 18.4 Å². The van der Waals surface area contributed by atoms with Gasteiger partial charge in [0.05, 0.1) is 5.41 Å². The first kappa shape index (κ1) is 12.6. The maximum atomic E-state index is 14.1. The summed E-state index contributed by atoms with van der Waals surface area (Å²) in [6.45, 7) is 4.68. The van der Waals surface area contributed by atoms with E-state index >= 15 is 0 Å². The molecular formula is C15H19FN2O. The van der Waals surface area contributed by atoms with E-state index in [2.05, 4.69) is 10.6 Å². The van der Waals surface area contributed by atoms with Gasteiger partial charge in [-0.15, -0.1) is 0 Å². The van der Waals surface area contributed by atoms with Crippen LogP contribution >= 0.6 is 0 Å². The van der Waals surface area contributed by atoms with Crippen LogP contribution in [0.2, 0.25) is 0 Å². The zero-order chi connectivity index (χ0) is 13.7. The number of amides is 1. The van der Waals surface area contributed by atoms with E-state index in [1.165, 1.54) is 0 Å². The monoisotopic (exact) mass is 262 g/mol. The Morgan fingerprint density at radius 2 is 2.16 bits per heavy atom. The smallest absolute Gasteiger partial charge is 0.236 e. The Balaban J connectivity index is 2.11. The molecule has 19 heavy (non-hydrogen) atoms. The highest BCUT2D eigenvalue weighted by Gasteiger charge is 2.47.